The van der Waals surface area contributed by atoms with Gasteiger partial charge in [-0.25, -0.2) is 0 Å². The van der Waals surface area contributed by atoms with E-state index in [-0.39, 0.29) is 18.4 Å². The van der Waals surface area contributed by atoms with Crippen molar-refractivity contribution in [3.8, 4) is 23.2 Å². The van der Waals surface area contributed by atoms with Crippen LogP contribution in [0.5, 0.6) is 6.01 Å². The van der Waals surface area contributed by atoms with Crippen molar-refractivity contribution in [1.82, 2.24) is 19.8 Å². The number of aromatic nitrogens is 2. The second-order valence-corrected chi connectivity index (χ2v) is 11.4. The fraction of sp³-hybridized carbons (Fsp3) is 0.333. The first-order chi connectivity index (χ1) is 20.5. The molecular formula is C33H33ClN6O2. The van der Waals surface area contributed by atoms with E-state index in [0.717, 1.165) is 58.0 Å². The Labute approximate surface area is 250 Å². The number of hydrogen-bond donors (Lipinski definition) is 0. The summed E-state index contributed by atoms with van der Waals surface area (Å²) in [6.45, 7) is 6.73. The molecule has 214 valence electrons. The Balaban J connectivity index is 1.42. The lowest BCUT2D eigenvalue weighted by atomic mass is 9.97. The minimum atomic E-state index is -0.270. The molecule has 0 N–H and O–H groups in total. The zero-order valence-corrected chi connectivity index (χ0v) is 24.4. The van der Waals surface area contributed by atoms with Crippen LogP contribution in [-0.4, -0.2) is 77.6 Å². The fourth-order valence-corrected chi connectivity index (χ4v) is 6.48. The number of rotatable bonds is 7. The van der Waals surface area contributed by atoms with Gasteiger partial charge in [-0.1, -0.05) is 54.6 Å². The highest BCUT2D eigenvalue weighted by Gasteiger charge is 2.31. The van der Waals surface area contributed by atoms with Gasteiger partial charge in [0.1, 0.15) is 12.4 Å². The number of benzene rings is 3. The lowest BCUT2D eigenvalue weighted by Crippen LogP contribution is -2.55. The summed E-state index contributed by atoms with van der Waals surface area (Å²) in [5.74, 6) is 0.580. The van der Waals surface area contributed by atoms with Crippen molar-refractivity contribution < 1.29 is 9.53 Å². The van der Waals surface area contributed by atoms with Crippen LogP contribution in [0.3, 0.4) is 0 Å². The third kappa shape index (κ3) is 5.38. The Morgan fingerprint density at radius 1 is 1.14 bits per heavy atom. The van der Waals surface area contributed by atoms with Gasteiger partial charge < -0.3 is 19.4 Å². The van der Waals surface area contributed by atoms with Crippen molar-refractivity contribution in [2.45, 2.75) is 31.3 Å². The molecule has 2 saturated heterocycles. The Bertz CT molecular complexity index is 1700. The summed E-state index contributed by atoms with van der Waals surface area (Å²) in [6, 6.07) is 20.9. The van der Waals surface area contributed by atoms with E-state index in [9.17, 15) is 10.1 Å². The summed E-state index contributed by atoms with van der Waals surface area (Å²) in [7, 11) is 2.12. The van der Waals surface area contributed by atoms with Gasteiger partial charge in [0.2, 0.25) is 5.91 Å². The first-order valence-corrected chi connectivity index (χ1v) is 14.7. The average molecular weight is 581 g/mol. The predicted molar refractivity (Wildman–Crippen MR) is 167 cm³/mol. The molecule has 0 radical (unpaired) electrons. The van der Waals surface area contributed by atoms with Crippen molar-refractivity contribution >= 4 is 45.0 Å². The van der Waals surface area contributed by atoms with Gasteiger partial charge in [0.05, 0.1) is 24.0 Å². The van der Waals surface area contributed by atoms with Gasteiger partial charge in [0, 0.05) is 41.5 Å². The lowest BCUT2D eigenvalue weighted by Gasteiger charge is -2.41. The van der Waals surface area contributed by atoms with Crippen LogP contribution in [0.15, 0.2) is 67.3 Å². The summed E-state index contributed by atoms with van der Waals surface area (Å²) in [5.41, 5.74) is 2.79. The Hall–Kier alpha value is -4.19. The van der Waals surface area contributed by atoms with Crippen LogP contribution in [0, 0.1) is 11.3 Å². The Morgan fingerprint density at radius 2 is 1.98 bits per heavy atom. The maximum absolute atomic E-state index is 12.5. The van der Waals surface area contributed by atoms with Crippen LogP contribution in [-0.2, 0) is 4.79 Å². The monoisotopic (exact) mass is 580 g/mol. The number of fused-ring (bicyclic) bond motifs is 2. The highest BCUT2D eigenvalue weighted by molar-refractivity contribution is 6.36. The number of nitriles is 1. The zero-order valence-electron chi connectivity index (χ0n) is 23.7. The summed E-state index contributed by atoms with van der Waals surface area (Å²) in [5, 5.41) is 13.2. The van der Waals surface area contributed by atoms with Gasteiger partial charge in [0.25, 0.3) is 0 Å². The fourth-order valence-electron chi connectivity index (χ4n) is 6.20. The number of piperazine rings is 1. The van der Waals surface area contributed by atoms with E-state index >= 15 is 0 Å². The summed E-state index contributed by atoms with van der Waals surface area (Å²) >= 11 is 6.67. The molecule has 9 heteroatoms. The van der Waals surface area contributed by atoms with Gasteiger partial charge in [-0.15, -0.1) is 0 Å². The van der Waals surface area contributed by atoms with Gasteiger partial charge in [-0.3, -0.25) is 4.79 Å². The van der Waals surface area contributed by atoms with Crippen LogP contribution >= 0.6 is 11.6 Å². The molecule has 42 heavy (non-hydrogen) atoms. The molecule has 4 aromatic rings. The Kier molecular flexibility index (Phi) is 7.96. The smallest absolute Gasteiger partial charge is 0.319 e. The maximum atomic E-state index is 12.5. The summed E-state index contributed by atoms with van der Waals surface area (Å²) < 4.78 is 6.24. The minimum absolute atomic E-state index is 0.162. The standard InChI is InChI=1S/C33H33ClN6O2/c1-3-30(41)40-18-17-39(20-24(40)14-15-35)32-27-13-12-23(26-10-4-7-22-8-5-11-28(34)31(22)26)19-29(27)36-33(37-32)42-21-25-9-6-16-38(25)2/h3-5,7-8,10-13,19,24-25H,1,6,9,14,16-18,20-21H2,2H3. The molecule has 1 aromatic heterocycles. The number of carbonyl (C=O) groups excluding carboxylic acids is 1. The molecule has 2 fully saturated rings. The number of likely N-dealkylation sites (tertiary alicyclic amines) is 1. The molecule has 8 nitrogen and oxygen atoms in total. The molecule has 2 aliphatic heterocycles. The second kappa shape index (κ2) is 12.0. The first-order valence-electron chi connectivity index (χ1n) is 14.3. The number of hydrogen-bond acceptors (Lipinski definition) is 7. The van der Waals surface area contributed by atoms with E-state index in [4.69, 9.17) is 26.3 Å². The third-order valence-electron chi connectivity index (χ3n) is 8.46. The van der Waals surface area contributed by atoms with Crippen molar-refractivity contribution in [3.63, 3.8) is 0 Å². The third-order valence-corrected chi connectivity index (χ3v) is 8.78. The molecule has 3 heterocycles. The highest BCUT2D eigenvalue weighted by atomic mass is 35.5. The van der Waals surface area contributed by atoms with Gasteiger partial charge >= 0.3 is 6.01 Å². The van der Waals surface area contributed by atoms with Crippen LogP contribution in [0.1, 0.15) is 19.3 Å². The molecule has 0 saturated carbocycles. The largest absolute Gasteiger partial charge is 0.462 e. The molecule has 6 rings (SSSR count). The SMILES string of the molecule is C=CC(=O)N1CCN(c2nc(OCC3CCCN3C)nc3cc(-c4cccc5cccc(Cl)c45)ccc23)CC1CC#N. The van der Waals surface area contributed by atoms with Crippen LogP contribution in [0.4, 0.5) is 5.82 Å². The zero-order chi connectivity index (χ0) is 29.2. The van der Waals surface area contributed by atoms with Gasteiger partial charge in [-0.2, -0.15) is 15.2 Å². The number of nitrogens with zero attached hydrogens (tertiary/aromatic N) is 6. The van der Waals surface area contributed by atoms with Crippen molar-refractivity contribution in [3.05, 3.63) is 72.3 Å². The maximum Gasteiger partial charge on any atom is 0.319 e. The molecule has 1 amide bonds. The topological polar surface area (TPSA) is 85.6 Å². The number of anilines is 1. The molecule has 0 spiro atoms. The molecule has 0 aliphatic carbocycles. The minimum Gasteiger partial charge on any atom is -0.462 e. The van der Waals surface area contributed by atoms with E-state index in [1.54, 1.807) is 4.90 Å². The molecule has 3 aromatic carbocycles. The molecule has 2 atom stereocenters. The van der Waals surface area contributed by atoms with E-state index in [0.29, 0.717) is 43.3 Å². The number of carbonyl (C=O) groups is 1. The van der Waals surface area contributed by atoms with Crippen molar-refractivity contribution in [2.75, 3.05) is 44.7 Å². The van der Waals surface area contributed by atoms with Crippen LogP contribution in [0.25, 0.3) is 32.8 Å². The Morgan fingerprint density at radius 3 is 2.74 bits per heavy atom. The summed E-state index contributed by atoms with van der Waals surface area (Å²) in [4.78, 5) is 28.5. The van der Waals surface area contributed by atoms with Crippen LogP contribution < -0.4 is 9.64 Å². The van der Waals surface area contributed by atoms with Crippen LogP contribution in [0.2, 0.25) is 5.02 Å². The first kappa shape index (κ1) is 28.0. The van der Waals surface area contributed by atoms with Crippen molar-refractivity contribution in [1.29, 1.82) is 5.26 Å². The van der Waals surface area contributed by atoms with Crippen molar-refractivity contribution in [2.24, 2.45) is 0 Å². The predicted octanol–water partition coefficient (Wildman–Crippen LogP) is 5.69. The number of halogens is 1. The number of amides is 1. The summed E-state index contributed by atoms with van der Waals surface area (Å²) in [6.07, 6.45) is 3.77. The van der Waals surface area contributed by atoms with E-state index < -0.39 is 0 Å². The normalized spacial score (nSPS) is 19.3. The molecule has 2 unspecified atom stereocenters. The number of likely N-dealkylation sites (N-methyl/N-ethyl adjacent to an activating group) is 1. The van der Waals surface area contributed by atoms with Gasteiger partial charge in [0.15, 0.2) is 0 Å². The molecular weight excluding hydrogens is 548 g/mol. The molecule has 0 bridgehead atoms. The lowest BCUT2D eigenvalue weighted by molar-refractivity contribution is -0.128. The van der Waals surface area contributed by atoms with Gasteiger partial charge in [-0.05, 0) is 67.2 Å². The number of ether oxygens (including phenoxy) is 1. The quantitative estimate of drug-likeness (QED) is 0.259. The van der Waals surface area contributed by atoms with E-state index in [2.05, 4.69) is 59.8 Å². The highest BCUT2D eigenvalue weighted by Crippen LogP contribution is 2.37. The molecule has 2 aliphatic rings. The van der Waals surface area contributed by atoms with E-state index in [1.807, 2.05) is 24.3 Å². The average Bonchev–Trinajstić information content (AvgIpc) is 3.43. The second-order valence-electron chi connectivity index (χ2n) is 11.0. The van der Waals surface area contributed by atoms with E-state index in [1.165, 1.54) is 6.08 Å².